The quantitative estimate of drug-likeness (QED) is 0.631. The van der Waals surface area contributed by atoms with Gasteiger partial charge >= 0.3 is 5.97 Å². The van der Waals surface area contributed by atoms with Crippen molar-refractivity contribution < 1.29 is 14.7 Å². The van der Waals surface area contributed by atoms with Crippen molar-refractivity contribution in [3.63, 3.8) is 0 Å². The van der Waals surface area contributed by atoms with Gasteiger partial charge in [0.1, 0.15) is 0 Å². The number of carbonyl (C=O) groups is 2. The molecule has 0 aromatic heterocycles. The van der Waals surface area contributed by atoms with Crippen LogP contribution in [-0.2, 0) is 10.3 Å². The lowest BCUT2D eigenvalue weighted by molar-refractivity contribution is -0.118. The number of benzene rings is 3. The molecule has 0 fully saturated rings. The van der Waals surface area contributed by atoms with Crippen molar-refractivity contribution >= 4 is 23.3 Å². The van der Waals surface area contributed by atoms with Crippen LogP contribution in [0.5, 0.6) is 0 Å². The number of hydrogen-bond donors (Lipinski definition) is 2. The first-order valence-corrected chi connectivity index (χ1v) is 9.95. The molecule has 2 N–H and O–H groups in total. The Bertz CT molecular complexity index is 1080. The first-order valence-electron chi connectivity index (χ1n) is 9.95. The van der Waals surface area contributed by atoms with Crippen LogP contribution >= 0.6 is 0 Å². The molecule has 2 atom stereocenters. The Morgan fingerprint density at radius 2 is 1.60 bits per heavy atom. The molecule has 152 valence electrons. The van der Waals surface area contributed by atoms with Gasteiger partial charge in [-0.1, -0.05) is 48.5 Å². The fraction of sp³-hybridized carbons (Fsp3) is 0.200. The summed E-state index contributed by atoms with van der Waals surface area (Å²) in [7, 11) is 0. The van der Waals surface area contributed by atoms with E-state index in [2.05, 4.69) is 11.4 Å². The summed E-state index contributed by atoms with van der Waals surface area (Å²) >= 11 is 0. The van der Waals surface area contributed by atoms with Gasteiger partial charge in [0.25, 0.3) is 0 Å². The highest BCUT2D eigenvalue weighted by Crippen LogP contribution is 2.48. The Morgan fingerprint density at radius 1 is 0.967 bits per heavy atom. The summed E-state index contributed by atoms with van der Waals surface area (Å²) in [6.07, 6.45) is 0.644. The van der Waals surface area contributed by atoms with Gasteiger partial charge in [0, 0.05) is 18.3 Å². The number of amides is 1. The zero-order chi connectivity index (χ0) is 21.3. The van der Waals surface area contributed by atoms with E-state index in [4.69, 9.17) is 0 Å². The van der Waals surface area contributed by atoms with Gasteiger partial charge in [0.05, 0.1) is 17.1 Å². The van der Waals surface area contributed by atoms with Crippen LogP contribution in [0.4, 0.5) is 11.4 Å². The second-order valence-corrected chi connectivity index (χ2v) is 7.84. The standard InChI is InChI=1S/C25H24N2O3/c1-17(28)27-23-11-7-6-10-21(23)22(26-20-8-4-3-5-9-20)16-25(27,2)19-14-12-18(13-15-19)24(29)30/h3-15,22,26H,16H2,1-2H3,(H,29,30)/t22-,25+/m1/s1. The molecule has 4 rings (SSSR count). The van der Waals surface area contributed by atoms with Crippen LogP contribution in [0.15, 0.2) is 78.9 Å². The van der Waals surface area contributed by atoms with Crippen molar-refractivity contribution in [3.8, 4) is 0 Å². The summed E-state index contributed by atoms with van der Waals surface area (Å²) in [5, 5.41) is 12.9. The Kier molecular flexibility index (Phi) is 5.04. The van der Waals surface area contributed by atoms with Gasteiger partial charge in [-0.3, -0.25) is 4.79 Å². The maximum atomic E-state index is 12.8. The fourth-order valence-corrected chi connectivity index (χ4v) is 4.45. The summed E-state index contributed by atoms with van der Waals surface area (Å²) in [5.41, 5.74) is 3.44. The molecule has 0 radical (unpaired) electrons. The third-order valence-corrected chi connectivity index (χ3v) is 5.83. The van der Waals surface area contributed by atoms with E-state index in [9.17, 15) is 14.7 Å². The second-order valence-electron chi connectivity index (χ2n) is 7.84. The molecule has 3 aromatic rings. The minimum absolute atomic E-state index is 0.0108. The average molecular weight is 400 g/mol. The highest BCUT2D eigenvalue weighted by atomic mass is 16.4. The lowest BCUT2D eigenvalue weighted by atomic mass is 9.77. The van der Waals surface area contributed by atoms with E-state index in [-0.39, 0.29) is 17.5 Å². The largest absolute Gasteiger partial charge is 0.478 e. The van der Waals surface area contributed by atoms with E-state index in [1.54, 1.807) is 19.1 Å². The van der Waals surface area contributed by atoms with E-state index in [1.165, 1.54) is 0 Å². The van der Waals surface area contributed by atoms with Crippen LogP contribution in [0.3, 0.4) is 0 Å². The minimum Gasteiger partial charge on any atom is -0.478 e. The maximum Gasteiger partial charge on any atom is 0.335 e. The van der Waals surface area contributed by atoms with E-state index in [0.717, 1.165) is 22.5 Å². The summed E-state index contributed by atoms with van der Waals surface area (Å²) in [4.78, 5) is 25.9. The van der Waals surface area contributed by atoms with Crippen molar-refractivity contribution in [1.82, 2.24) is 0 Å². The Balaban J connectivity index is 1.82. The molecular formula is C25H24N2O3. The first kappa shape index (κ1) is 19.7. The molecule has 1 aliphatic heterocycles. The van der Waals surface area contributed by atoms with Crippen molar-refractivity contribution in [3.05, 3.63) is 95.6 Å². The number of carbonyl (C=O) groups excluding carboxylic acids is 1. The summed E-state index contributed by atoms with van der Waals surface area (Å²) in [5.74, 6) is -1.02. The molecule has 0 saturated heterocycles. The maximum absolute atomic E-state index is 12.8. The van der Waals surface area contributed by atoms with Crippen molar-refractivity contribution in [2.75, 3.05) is 10.2 Å². The minimum atomic E-state index is -0.965. The van der Waals surface area contributed by atoms with Gasteiger partial charge in [-0.05, 0) is 54.8 Å². The Hall–Kier alpha value is -3.60. The fourth-order valence-electron chi connectivity index (χ4n) is 4.45. The van der Waals surface area contributed by atoms with Crippen LogP contribution in [-0.4, -0.2) is 17.0 Å². The molecule has 0 bridgehead atoms. The van der Waals surface area contributed by atoms with E-state index < -0.39 is 11.5 Å². The molecule has 5 nitrogen and oxygen atoms in total. The molecule has 0 spiro atoms. The van der Waals surface area contributed by atoms with Crippen molar-refractivity contribution in [2.24, 2.45) is 0 Å². The van der Waals surface area contributed by atoms with E-state index >= 15 is 0 Å². The van der Waals surface area contributed by atoms with Crippen LogP contribution in [0, 0.1) is 0 Å². The number of para-hydroxylation sites is 2. The number of fused-ring (bicyclic) bond motifs is 1. The second kappa shape index (κ2) is 7.67. The van der Waals surface area contributed by atoms with Crippen LogP contribution < -0.4 is 10.2 Å². The average Bonchev–Trinajstić information content (AvgIpc) is 2.74. The highest BCUT2D eigenvalue weighted by Gasteiger charge is 2.44. The van der Waals surface area contributed by atoms with E-state index in [0.29, 0.717) is 6.42 Å². The summed E-state index contributed by atoms with van der Waals surface area (Å²) in [6, 6.07) is 24.8. The summed E-state index contributed by atoms with van der Waals surface area (Å²) < 4.78 is 0. The number of nitrogens with one attached hydrogen (secondary N) is 1. The Labute approximate surface area is 176 Å². The van der Waals surface area contributed by atoms with Gasteiger partial charge in [-0.25, -0.2) is 4.79 Å². The Morgan fingerprint density at radius 3 is 2.23 bits per heavy atom. The predicted octanol–water partition coefficient (Wildman–Crippen LogP) is 5.21. The van der Waals surface area contributed by atoms with Crippen molar-refractivity contribution in [1.29, 1.82) is 0 Å². The van der Waals surface area contributed by atoms with Crippen LogP contribution in [0.2, 0.25) is 0 Å². The molecule has 30 heavy (non-hydrogen) atoms. The SMILES string of the molecule is CC(=O)N1c2ccccc2[C@H](Nc2ccccc2)C[C@@]1(C)c1ccc(C(=O)O)cc1. The van der Waals surface area contributed by atoms with Gasteiger partial charge in [0.2, 0.25) is 5.91 Å². The van der Waals surface area contributed by atoms with E-state index in [1.807, 2.05) is 72.5 Å². The molecule has 5 heteroatoms. The zero-order valence-corrected chi connectivity index (χ0v) is 17.0. The summed E-state index contributed by atoms with van der Waals surface area (Å²) in [6.45, 7) is 3.62. The molecule has 0 unspecified atom stereocenters. The number of carboxylic acid groups (broad SMARTS) is 1. The number of anilines is 2. The molecular weight excluding hydrogens is 376 g/mol. The van der Waals surface area contributed by atoms with Crippen LogP contribution in [0.25, 0.3) is 0 Å². The highest BCUT2D eigenvalue weighted by molar-refractivity contribution is 5.95. The normalized spacial score (nSPS) is 20.3. The molecule has 0 saturated carbocycles. The molecule has 1 aliphatic rings. The third kappa shape index (κ3) is 3.43. The van der Waals surface area contributed by atoms with Crippen molar-refractivity contribution in [2.45, 2.75) is 31.8 Å². The van der Waals surface area contributed by atoms with Gasteiger partial charge in [0.15, 0.2) is 0 Å². The smallest absolute Gasteiger partial charge is 0.335 e. The molecule has 3 aromatic carbocycles. The lowest BCUT2D eigenvalue weighted by Crippen LogP contribution is -2.51. The first-order chi connectivity index (χ1) is 14.4. The topological polar surface area (TPSA) is 69.6 Å². The van der Waals surface area contributed by atoms with Gasteiger partial charge in [-0.2, -0.15) is 0 Å². The number of nitrogens with zero attached hydrogens (tertiary/aromatic N) is 1. The number of carboxylic acids is 1. The molecule has 0 aliphatic carbocycles. The van der Waals surface area contributed by atoms with Gasteiger partial charge < -0.3 is 15.3 Å². The predicted molar refractivity (Wildman–Crippen MR) is 118 cm³/mol. The third-order valence-electron chi connectivity index (χ3n) is 5.83. The number of aromatic carboxylic acids is 1. The van der Waals surface area contributed by atoms with Gasteiger partial charge in [-0.15, -0.1) is 0 Å². The number of rotatable bonds is 4. The molecule has 1 heterocycles. The van der Waals surface area contributed by atoms with Crippen LogP contribution in [0.1, 0.15) is 47.8 Å². The molecule has 1 amide bonds. The zero-order valence-electron chi connectivity index (χ0n) is 17.0. The number of hydrogen-bond acceptors (Lipinski definition) is 3. The lowest BCUT2D eigenvalue weighted by Gasteiger charge is -2.49. The monoisotopic (exact) mass is 400 g/mol.